The van der Waals surface area contributed by atoms with E-state index in [1.54, 1.807) is 100 Å². The van der Waals surface area contributed by atoms with Crippen LogP contribution in [-0.4, -0.2) is 8.42 Å². The number of benzene rings is 6. The van der Waals surface area contributed by atoms with Gasteiger partial charge < -0.3 is 27.1 Å². The van der Waals surface area contributed by atoms with Crippen molar-refractivity contribution in [1.29, 1.82) is 0 Å². The molecule has 0 aliphatic rings. The van der Waals surface area contributed by atoms with Crippen LogP contribution in [0.2, 0.25) is 0 Å². The molecule has 0 spiro atoms. The average Bonchev–Trinajstić information content (AvgIpc) is 3.13. The van der Waals surface area contributed by atoms with Crippen molar-refractivity contribution in [3.63, 3.8) is 0 Å². The summed E-state index contributed by atoms with van der Waals surface area (Å²) in [6, 6.07) is 38.7. The first kappa shape index (κ1) is 37.3. The van der Waals surface area contributed by atoms with Crippen molar-refractivity contribution in [1.82, 2.24) is 0 Å². The van der Waals surface area contributed by atoms with E-state index in [-0.39, 0.29) is 21.3 Å². The molecule has 0 aliphatic heterocycles. The highest BCUT2D eigenvalue weighted by molar-refractivity contribution is 7.91. The highest BCUT2D eigenvalue weighted by Gasteiger charge is 2.36. The second-order valence-electron chi connectivity index (χ2n) is 12.0. The average molecular weight is 771 g/mol. The number of phosphoric acid groups is 2. The first-order chi connectivity index (χ1) is 25.3. The number of hydrogen-bond donors (Lipinski definition) is 0. The molecule has 0 atom stereocenters. The maximum absolute atomic E-state index is 14.1. The van der Waals surface area contributed by atoms with E-state index >= 15 is 0 Å². The summed E-state index contributed by atoms with van der Waals surface area (Å²) in [5, 5.41) is 0. The molecular weight excluding hydrogens is 734 g/mol. The summed E-state index contributed by atoms with van der Waals surface area (Å²) in [7, 11) is -12.7. The Balaban J connectivity index is 1.21. The molecule has 0 N–H and O–H groups in total. The van der Waals surface area contributed by atoms with Gasteiger partial charge in [0.25, 0.3) is 0 Å². The molecule has 0 saturated heterocycles. The van der Waals surface area contributed by atoms with E-state index < -0.39 is 25.5 Å². The van der Waals surface area contributed by atoms with Crippen LogP contribution in [-0.2, 0) is 19.0 Å². The van der Waals surface area contributed by atoms with Crippen LogP contribution in [0.4, 0.5) is 0 Å². The Morgan fingerprint density at radius 3 is 0.849 bits per heavy atom. The van der Waals surface area contributed by atoms with E-state index in [0.29, 0.717) is 45.3 Å². The van der Waals surface area contributed by atoms with Crippen LogP contribution >= 0.6 is 15.6 Å². The summed E-state index contributed by atoms with van der Waals surface area (Å²) in [4.78, 5) is -0.131. The molecule has 0 amide bonds. The summed E-state index contributed by atoms with van der Waals surface area (Å²) in [6.45, 7) is 7.18. The van der Waals surface area contributed by atoms with Crippen LogP contribution in [0.1, 0.15) is 22.3 Å². The SMILES string of the molecule is Cc1ccccc1OP(=O)(Oc1ccc(S(=O)(=O)c2ccc(OP(=O)(Oc3ccccc3C)Oc3ccccc3C)cc2)cc1)Oc1ccccc1C. The summed E-state index contributed by atoms with van der Waals surface area (Å²) >= 11 is 0. The van der Waals surface area contributed by atoms with Crippen molar-refractivity contribution in [2.45, 2.75) is 37.5 Å². The van der Waals surface area contributed by atoms with E-state index in [9.17, 15) is 17.5 Å². The molecule has 6 aromatic carbocycles. The monoisotopic (exact) mass is 770 g/mol. The third kappa shape index (κ3) is 9.13. The Bertz CT molecular complexity index is 2160. The lowest BCUT2D eigenvalue weighted by Gasteiger charge is -2.21. The van der Waals surface area contributed by atoms with Crippen LogP contribution < -0.4 is 27.1 Å². The Morgan fingerprint density at radius 1 is 0.358 bits per heavy atom. The first-order valence-electron chi connectivity index (χ1n) is 16.4. The number of phosphoric ester groups is 2. The fourth-order valence-corrected chi connectivity index (χ4v) is 9.01. The zero-order valence-electron chi connectivity index (χ0n) is 29.2. The normalized spacial score (nSPS) is 11.7. The summed E-state index contributed by atoms with van der Waals surface area (Å²) in [5.74, 6) is 1.31. The van der Waals surface area contributed by atoms with Crippen LogP contribution in [0, 0.1) is 27.7 Å². The minimum absolute atomic E-state index is 0.0521. The predicted molar refractivity (Wildman–Crippen MR) is 202 cm³/mol. The van der Waals surface area contributed by atoms with E-state index in [1.165, 1.54) is 48.5 Å². The number of sulfone groups is 1. The molecule has 0 fully saturated rings. The molecule has 0 aromatic heterocycles. The van der Waals surface area contributed by atoms with Gasteiger partial charge in [0.15, 0.2) is 0 Å². The fraction of sp³-hybridized carbons (Fsp3) is 0.100. The van der Waals surface area contributed by atoms with Crippen LogP contribution in [0.25, 0.3) is 0 Å². The molecule has 53 heavy (non-hydrogen) atoms. The zero-order valence-corrected chi connectivity index (χ0v) is 31.8. The van der Waals surface area contributed by atoms with Crippen LogP contribution in [0.3, 0.4) is 0 Å². The molecular formula is C40H36O10P2S. The third-order valence-electron chi connectivity index (χ3n) is 7.92. The second-order valence-corrected chi connectivity index (χ2v) is 16.8. The minimum atomic E-state index is -4.33. The number of para-hydroxylation sites is 4. The number of rotatable bonds is 14. The molecule has 272 valence electrons. The van der Waals surface area contributed by atoms with Gasteiger partial charge in [-0.05, 0) is 123 Å². The van der Waals surface area contributed by atoms with E-state index in [2.05, 4.69) is 0 Å². The molecule has 0 heterocycles. The topological polar surface area (TPSA) is 124 Å². The third-order valence-corrected chi connectivity index (χ3v) is 12.3. The second kappa shape index (κ2) is 15.6. The molecule has 0 bridgehead atoms. The maximum Gasteiger partial charge on any atom is 0.647 e. The van der Waals surface area contributed by atoms with Gasteiger partial charge in [-0.2, -0.15) is 9.13 Å². The van der Waals surface area contributed by atoms with E-state index in [1.807, 2.05) is 24.3 Å². The van der Waals surface area contributed by atoms with E-state index in [0.717, 1.165) is 0 Å². The number of aryl methyl sites for hydroxylation is 4. The summed E-state index contributed by atoms with van der Waals surface area (Å²) in [5.41, 5.74) is 2.84. The Hall–Kier alpha value is -5.47. The Labute approximate surface area is 309 Å². The highest BCUT2D eigenvalue weighted by Crippen LogP contribution is 2.52. The van der Waals surface area contributed by atoms with Gasteiger partial charge in [-0.25, -0.2) is 8.42 Å². The van der Waals surface area contributed by atoms with Crippen molar-refractivity contribution in [3.8, 4) is 34.5 Å². The highest BCUT2D eigenvalue weighted by atomic mass is 32.2. The van der Waals surface area contributed by atoms with Gasteiger partial charge in [-0.15, -0.1) is 0 Å². The summed E-state index contributed by atoms with van der Waals surface area (Å²) in [6.07, 6.45) is 0. The lowest BCUT2D eigenvalue weighted by molar-refractivity contribution is 0.295. The molecule has 6 rings (SSSR count). The van der Waals surface area contributed by atoms with Crippen molar-refractivity contribution < 1.29 is 44.7 Å². The Morgan fingerprint density at radius 2 is 0.604 bits per heavy atom. The van der Waals surface area contributed by atoms with Gasteiger partial charge in [0.05, 0.1) is 9.79 Å². The molecule has 13 heteroatoms. The first-order valence-corrected chi connectivity index (χ1v) is 20.8. The molecule has 0 saturated carbocycles. The van der Waals surface area contributed by atoms with Gasteiger partial charge in [0, 0.05) is 0 Å². The molecule has 0 unspecified atom stereocenters. The van der Waals surface area contributed by atoms with Crippen molar-refractivity contribution in [3.05, 3.63) is 168 Å². The molecule has 6 aromatic rings. The zero-order chi connectivity index (χ0) is 37.6. The van der Waals surface area contributed by atoms with Gasteiger partial charge in [-0.1, -0.05) is 72.8 Å². The van der Waals surface area contributed by atoms with Crippen LogP contribution in [0.5, 0.6) is 34.5 Å². The fourth-order valence-electron chi connectivity index (χ4n) is 4.98. The molecule has 10 nitrogen and oxygen atoms in total. The van der Waals surface area contributed by atoms with Crippen molar-refractivity contribution in [2.24, 2.45) is 0 Å². The quantitative estimate of drug-likeness (QED) is 0.0989. The van der Waals surface area contributed by atoms with Gasteiger partial charge in [0.2, 0.25) is 9.84 Å². The van der Waals surface area contributed by atoms with Crippen LogP contribution in [0.15, 0.2) is 155 Å². The van der Waals surface area contributed by atoms with Crippen molar-refractivity contribution >= 4 is 25.5 Å². The van der Waals surface area contributed by atoms with Gasteiger partial charge in [0.1, 0.15) is 34.5 Å². The predicted octanol–water partition coefficient (Wildman–Crippen LogP) is 11.0. The van der Waals surface area contributed by atoms with Gasteiger partial charge in [-0.3, -0.25) is 0 Å². The standard InChI is InChI=1S/C40H36O10P2S/c1-29-13-5-9-17-37(29)47-51(41,48-38-18-10-6-14-30(38)2)45-33-21-25-35(26-22-33)53(43,44)36-27-23-34(24-28-36)46-52(42,49-39-19-11-7-15-31(39)3)50-40-20-12-8-16-32(40)4/h5-28H,1-4H3. The molecule has 0 aliphatic carbocycles. The van der Waals surface area contributed by atoms with Crippen molar-refractivity contribution in [2.75, 3.05) is 0 Å². The maximum atomic E-state index is 14.1. The minimum Gasteiger partial charge on any atom is -0.386 e. The Kier molecular flexibility index (Phi) is 11.0. The summed E-state index contributed by atoms with van der Waals surface area (Å²) < 4.78 is 90.4. The van der Waals surface area contributed by atoms with Gasteiger partial charge >= 0.3 is 15.6 Å². The lowest BCUT2D eigenvalue weighted by atomic mass is 10.2. The smallest absolute Gasteiger partial charge is 0.386 e. The molecule has 0 radical (unpaired) electrons. The van der Waals surface area contributed by atoms with E-state index in [4.69, 9.17) is 27.1 Å². The number of hydrogen-bond acceptors (Lipinski definition) is 10. The lowest BCUT2D eigenvalue weighted by Crippen LogP contribution is -2.09. The largest absolute Gasteiger partial charge is 0.647 e.